The van der Waals surface area contributed by atoms with Crippen molar-refractivity contribution in [3.05, 3.63) is 66.2 Å². The van der Waals surface area contributed by atoms with Crippen LogP contribution in [-0.4, -0.2) is 55.0 Å². The first-order valence-electron chi connectivity index (χ1n) is 11.9. The number of amides is 1. The minimum atomic E-state index is -3.62. The number of hydrogen-bond acceptors (Lipinski definition) is 6. The van der Waals surface area contributed by atoms with Crippen molar-refractivity contribution in [3.63, 3.8) is 0 Å². The Hall–Kier alpha value is -3.30. The summed E-state index contributed by atoms with van der Waals surface area (Å²) < 4.78 is 27.7. The van der Waals surface area contributed by atoms with Crippen LogP contribution < -0.4 is 10.2 Å². The molecule has 1 N–H and O–H groups in total. The molecule has 184 valence electrons. The summed E-state index contributed by atoms with van der Waals surface area (Å²) in [6, 6.07) is 18.5. The van der Waals surface area contributed by atoms with E-state index in [0.717, 1.165) is 23.5 Å². The lowest BCUT2D eigenvalue weighted by atomic mass is 10.1. The van der Waals surface area contributed by atoms with Crippen molar-refractivity contribution >= 4 is 27.4 Å². The van der Waals surface area contributed by atoms with Gasteiger partial charge in [0.05, 0.1) is 10.6 Å². The van der Waals surface area contributed by atoms with Crippen molar-refractivity contribution in [2.75, 3.05) is 36.4 Å². The average Bonchev–Trinajstić information content (AvgIpc) is 2.89. The molecule has 1 saturated heterocycles. The van der Waals surface area contributed by atoms with Gasteiger partial charge in [0.1, 0.15) is 0 Å². The van der Waals surface area contributed by atoms with Gasteiger partial charge in [-0.2, -0.15) is 4.31 Å². The van der Waals surface area contributed by atoms with Crippen molar-refractivity contribution < 1.29 is 13.2 Å². The molecule has 3 aromatic rings. The number of carbonyl (C=O) groups is 1. The first kappa shape index (κ1) is 24.8. The van der Waals surface area contributed by atoms with Crippen LogP contribution in [0.5, 0.6) is 0 Å². The zero-order chi connectivity index (χ0) is 25.0. The second-order valence-corrected chi connectivity index (χ2v) is 10.8. The molecule has 0 aliphatic carbocycles. The fraction of sp³-hybridized carbons (Fsp3) is 0.346. The lowest BCUT2D eigenvalue weighted by Crippen LogP contribution is -2.49. The predicted octanol–water partition coefficient (Wildman–Crippen LogP) is 3.81. The lowest BCUT2D eigenvalue weighted by Gasteiger charge is -2.34. The van der Waals surface area contributed by atoms with Crippen LogP contribution in [0.25, 0.3) is 11.3 Å². The van der Waals surface area contributed by atoms with Gasteiger partial charge in [0.25, 0.3) is 0 Å². The van der Waals surface area contributed by atoms with E-state index in [1.54, 1.807) is 26.0 Å². The SMILES string of the molecule is CCc1ccc(-c2ccc(N3CCN(S(=O)(=O)c4ccc(NC(=O)C(C)C)cc4)CC3)nn2)cc1. The highest BCUT2D eigenvalue weighted by Gasteiger charge is 2.29. The number of aromatic nitrogens is 2. The summed E-state index contributed by atoms with van der Waals surface area (Å²) in [5.74, 6) is 0.478. The molecule has 1 aromatic heterocycles. The van der Waals surface area contributed by atoms with E-state index in [9.17, 15) is 13.2 Å². The van der Waals surface area contributed by atoms with Crippen molar-refractivity contribution in [1.29, 1.82) is 0 Å². The molecule has 1 aliphatic heterocycles. The highest BCUT2D eigenvalue weighted by atomic mass is 32.2. The molecule has 9 heteroatoms. The zero-order valence-electron chi connectivity index (χ0n) is 20.3. The number of piperazine rings is 1. The molecule has 1 fully saturated rings. The number of nitrogens with one attached hydrogen (secondary N) is 1. The van der Waals surface area contributed by atoms with Gasteiger partial charge in [-0.1, -0.05) is 45.0 Å². The van der Waals surface area contributed by atoms with Gasteiger partial charge < -0.3 is 10.2 Å². The van der Waals surface area contributed by atoms with Crippen LogP contribution in [0.1, 0.15) is 26.3 Å². The smallest absolute Gasteiger partial charge is 0.243 e. The lowest BCUT2D eigenvalue weighted by molar-refractivity contribution is -0.118. The van der Waals surface area contributed by atoms with E-state index in [4.69, 9.17) is 0 Å². The zero-order valence-corrected chi connectivity index (χ0v) is 21.1. The fourth-order valence-electron chi connectivity index (χ4n) is 3.86. The molecule has 4 rings (SSSR count). The van der Waals surface area contributed by atoms with Crippen LogP contribution >= 0.6 is 0 Å². The Bertz CT molecular complexity index is 1250. The highest BCUT2D eigenvalue weighted by Crippen LogP contribution is 2.23. The second-order valence-electron chi connectivity index (χ2n) is 8.89. The minimum Gasteiger partial charge on any atom is -0.352 e. The van der Waals surface area contributed by atoms with Crippen LogP contribution in [0.4, 0.5) is 11.5 Å². The number of carbonyl (C=O) groups excluding carboxylic acids is 1. The predicted molar refractivity (Wildman–Crippen MR) is 138 cm³/mol. The van der Waals surface area contributed by atoms with Gasteiger partial charge in [-0.3, -0.25) is 4.79 Å². The Balaban J connectivity index is 1.37. The Morgan fingerprint density at radius 1 is 0.914 bits per heavy atom. The number of anilines is 2. The average molecular weight is 494 g/mol. The van der Waals surface area contributed by atoms with Crippen LogP contribution in [0.15, 0.2) is 65.6 Å². The summed E-state index contributed by atoms with van der Waals surface area (Å²) in [4.78, 5) is 14.1. The molecule has 2 heterocycles. The number of nitrogens with zero attached hydrogens (tertiary/aromatic N) is 4. The number of rotatable bonds is 7. The van der Waals surface area contributed by atoms with E-state index in [-0.39, 0.29) is 16.7 Å². The molecule has 0 unspecified atom stereocenters. The van der Waals surface area contributed by atoms with E-state index in [0.29, 0.717) is 31.9 Å². The van der Waals surface area contributed by atoms with E-state index in [1.165, 1.54) is 22.0 Å². The number of benzene rings is 2. The molecule has 2 aromatic carbocycles. The van der Waals surface area contributed by atoms with Crippen LogP contribution in [0.3, 0.4) is 0 Å². The van der Waals surface area contributed by atoms with Crippen molar-refractivity contribution in [3.8, 4) is 11.3 Å². The van der Waals surface area contributed by atoms with E-state index < -0.39 is 10.0 Å². The summed E-state index contributed by atoms with van der Waals surface area (Å²) in [7, 11) is -3.62. The molecule has 8 nitrogen and oxygen atoms in total. The van der Waals surface area contributed by atoms with Gasteiger partial charge in [0.15, 0.2) is 5.82 Å². The number of aryl methyl sites for hydroxylation is 1. The molecule has 0 bridgehead atoms. The molecule has 1 aliphatic rings. The highest BCUT2D eigenvalue weighted by molar-refractivity contribution is 7.89. The molecular formula is C26H31N5O3S. The first-order valence-corrected chi connectivity index (χ1v) is 13.3. The molecule has 1 amide bonds. The van der Waals surface area contributed by atoms with Crippen molar-refractivity contribution in [1.82, 2.24) is 14.5 Å². The monoisotopic (exact) mass is 493 g/mol. The second kappa shape index (κ2) is 10.5. The maximum absolute atomic E-state index is 13.1. The number of hydrogen-bond donors (Lipinski definition) is 1. The minimum absolute atomic E-state index is 0.109. The summed E-state index contributed by atoms with van der Waals surface area (Å²) in [6.45, 7) is 7.51. The van der Waals surface area contributed by atoms with Gasteiger partial charge in [-0.25, -0.2) is 8.42 Å². The van der Waals surface area contributed by atoms with E-state index >= 15 is 0 Å². The normalized spacial score (nSPS) is 14.8. The standard InChI is InChI=1S/C26H31N5O3S/c1-4-20-5-7-21(8-6-20)24-13-14-25(29-28-24)30-15-17-31(18-16-30)35(33,34)23-11-9-22(10-12-23)27-26(32)19(2)3/h5-14,19H,4,15-18H2,1-3H3,(H,27,32). The molecule has 0 spiro atoms. The van der Waals surface area contributed by atoms with Crippen LogP contribution in [0, 0.1) is 5.92 Å². The molecule has 0 saturated carbocycles. The molecule has 35 heavy (non-hydrogen) atoms. The fourth-order valence-corrected chi connectivity index (χ4v) is 5.28. The summed E-state index contributed by atoms with van der Waals surface area (Å²) in [5.41, 5.74) is 3.69. The summed E-state index contributed by atoms with van der Waals surface area (Å²) in [6.07, 6.45) is 0.994. The topological polar surface area (TPSA) is 95.5 Å². The van der Waals surface area contributed by atoms with Crippen LogP contribution in [-0.2, 0) is 21.2 Å². The van der Waals surface area contributed by atoms with Gasteiger partial charge in [0.2, 0.25) is 15.9 Å². The van der Waals surface area contributed by atoms with Crippen LogP contribution in [0.2, 0.25) is 0 Å². The largest absolute Gasteiger partial charge is 0.352 e. The van der Waals surface area contributed by atoms with E-state index in [1.807, 2.05) is 17.0 Å². The molecule has 0 atom stereocenters. The van der Waals surface area contributed by atoms with Crippen molar-refractivity contribution in [2.24, 2.45) is 5.92 Å². The maximum atomic E-state index is 13.1. The third kappa shape index (κ3) is 5.68. The summed E-state index contributed by atoms with van der Waals surface area (Å²) in [5, 5.41) is 11.5. The van der Waals surface area contributed by atoms with Gasteiger partial charge in [0, 0.05) is 43.3 Å². The number of sulfonamides is 1. The van der Waals surface area contributed by atoms with Gasteiger partial charge >= 0.3 is 0 Å². The Morgan fingerprint density at radius 2 is 1.57 bits per heavy atom. The van der Waals surface area contributed by atoms with Gasteiger partial charge in [-0.15, -0.1) is 10.2 Å². The summed E-state index contributed by atoms with van der Waals surface area (Å²) >= 11 is 0. The maximum Gasteiger partial charge on any atom is 0.243 e. The van der Waals surface area contributed by atoms with Crippen molar-refractivity contribution in [2.45, 2.75) is 32.1 Å². The quantitative estimate of drug-likeness (QED) is 0.538. The molecular weight excluding hydrogens is 462 g/mol. The third-order valence-corrected chi connectivity index (χ3v) is 8.07. The Kier molecular flexibility index (Phi) is 7.47. The van der Waals surface area contributed by atoms with Gasteiger partial charge in [-0.05, 0) is 48.4 Å². The Labute approximate surface area is 207 Å². The molecule has 0 radical (unpaired) electrons. The van der Waals surface area contributed by atoms with E-state index in [2.05, 4.69) is 46.7 Å². The third-order valence-electron chi connectivity index (χ3n) is 6.16. The first-order chi connectivity index (χ1) is 16.8. The Morgan fingerprint density at radius 3 is 2.11 bits per heavy atom.